The van der Waals surface area contributed by atoms with Gasteiger partial charge < -0.3 is 9.88 Å². The first-order valence-corrected chi connectivity index (χ1v) is 7.84. The number of rotatable bonds is 7. The van der Waals surface area contributed by atoms with Gasteiger partial charge in [0.05, 0.1) is 17.6 Å². The summed E-state index contributed by atoms with van der Waals surface area (Å²) in [6.07, 6.45) is 2.34. The van der Waals surface area contributed by atoms with Crippen molar-refractivity contribution >= 4 is 11.0 Å². The molecule has 0 saturated carbocycles. The van der Waals surface area contributed by atoms with Crippen LogP contribution in [0.5, 0.6) is 0 Å². The van der Waals surface area contributed by atoms with Crippen molar-refractivity contribution < 1.29 is 0 Å². The number of para-hydroxylation sites is 2. The minimum atomic E-state index is 0.523. The fourth-order valence-corrected chi connectivity index (χ4v) is 2.54. The zero-order chi connectivity index (χ0) is 14.5. The summed E-state index contributed by atoms with van der Waals surface area (Å²) < 4.78 is 2.35. The van der Waals surface area contributed by atoms with Crippen LogP contribution in [0.25, 0.3) is 11.0 Å². The van der Waals surface area contributed by atoms with Gasteiger partial charge in [-0.15, -0.1) is 0 Å². The fourth-order valence-electron chi connectivity index (χ4n) is 2.54. The number of hydrogen-bond acceptors (Lipinski definition) is 2. The normalized spacial score (nSPS) is 14.6. The van der Waals surface area contributed by atoms with Gasteiger partial charge in [0.15, 0.2) is 0 Å². The maximum Gasteiger partial charge on any atom is 0.123 e. The van der Waals surface area contributed by atoms with E-state index in [-0.39, 0.29) is 0 Å². The average Bonchev–Trinajstić information content (AvgIpc) is 2.82. The molecule has 2 unspecified atom stereocenters. The second kappa shape index (κ2) is 6.89. The lowest BCUT2D eigenvalue weighted by Crippen LogP contribution is -2.32. The zero-order valence-electron chi connectivity index (χ0n) is 13.2. The summed E-state index contributed by atoms with van der Waals surface area (Å²) in [6, 6.07) is 8.94. The Bertz CT molecular complexity index is 544. The van der Waals surface area contributed by atoms with Crippen LogP contribution in [0.2, 0.25) is 0 Å². The van der Waals surface area contributed by atoms with Crippen LogP contribution in [0.1, 0.15) is 46.4 Å². The second-order valence-corrected chi connectivity index (χ2v) is 5.72. The minimum Gasteiger partial charge on any atom is -0.327 e. The predicted octanol–water partition coefficient (Wildman–Crippen LogP) is 3.97. The molecular weight excluding hydrogens is 246 g/mol. The highest BCUT2D eigenvalue weighted by Crippen LogP contribution is 2.17. The summed E-state index contributed by atoms with van der Waals surface area (Å²) in [5, 5.41) is 3.63. The molecular formula is C17H27N3. The van der Waals surface area contributed by atoms with Gasteiger partial charge >= 0.3 is 0 Å². The van der Waals surface area contributed by atoms with Gasteiger partial charge in [0.1, 0.15) is 5.82 Å². The smallest absolute Gasteiger partial charge is 0.123 e. The van der Waals surface area contributed by atoms with Crippen molar-refractivity contribution in [2.24, 2.45) is 5.92 Å². The van der Waals surface area contributed by atoms with E-state index in [0.717, 1.165) is 30.9 Å². The Kier molecular flexibility index (Phi) is 5.18. The largest absolute Gasteiger partial charge is 0.327 e. The van der Waals surface area contributed by atoms with E-state index in [9.17, 15) is 0 Å². The van der Waals surface area contributed by atoms with Crippen LogP contribution in [0, 0.1) is 5.92 Å². The van der Waals surface area contributed by atoms with Crippen molar-refractivity contribution in [1.82, 2.24) is 14.9 Å². The molecule has 0 aliphatic carbocycles. The van der Waals surface area contributed by atoms with Gasteiger partial charge in [-0.05, 0) is 31.4 Å². The van der Waals surface area contributed by atoms with Crippen molar-refractivity contribution in [2.75, 3.05) is 0 Å². The van der Waals surface area contributed by atoms with Crippen molar-refractivity contribution in [1.29, 1.82) is 0 Å². The van der Waals surface area contributed by atoms with Gasteiger partial charge in [0.2, 0.25) is 0 Å². The van der Waals surface area contributed by atoms with E-state index in [1.165, 1.54) is 11.9 Å². The molecule has 110 valence electrons. The van der Waals surface area contributed by atoms with Gasteiger partial charge in [-0.2, -0.15) is 0 Å². The summed E-state index contributed by atoms with van der Waals surface area (Å²) in [5.41, 5.74) is 2.36. The molecule has 0 bridgehead atoms. The van der Waals surface area contributed by atoms with E-state index in [1.807, 2.05) is 0 Å². The Balaban J connectivity index is 2.18. The molecule has 20 heavy (non-hydrogen) atoms. The lowest BCUT2D eigenvalue weighted by Gasteiger charge is -2.20. The van der Waals surface area contributed by atoms with Gasteiger partial charge in [-0.25, -0.2) is 4.98 Å². The van der Waals surface area contributed by atoms with E-state index in [0.29, 0.717) is 12.0 Å². The van der Waals surface area contributed by atoms with Gasteiger partial charge in [-0.1, -0.05) is 39.3 Å². The molecule has 0 aliphatic heterocycles. The summed E-state index contributed by atoms with van der Waals surface area (Å²) in [6.45, 7) is 10.9. The van der Waals surface area contributed by atoms with Crippen LogP contribution in [-0.4, -0.2) is 15.6 Å². The van der Waals surface area contributed by atoms with Crippen LogP contribution in [-0.2, 0) is 13.1 Å². The number of aryl methyl sites for hydroxylation is 1. The number of aromatic nitrogens is 2. The van der Waals surface area contributed by atoms with Crippen molar-refractivity contribution in [3.63, 3.8) is 0 Å². The second-order valence-electron chi connectivity index (χ2n) is 5.72. The lowest BCUT2D eigenvalue weighted by molar-refractivity contribution is 0.383. The molecule has 0 amide bonds. The maximum atomic E-state index is 4.79. The molecule has 2 atom stereocenters. The number of nitrogens with one attached hydrogen (secondary N) is 1. The third-order valence-electron chi connectivity index (χ3n) is 4.26. The van der Waals surface area contributed by atoms with E-state index in [4.69, 9.17) is 4.98 Å². The Hall–Kier alpha value is -1.35. The highest BCUT2D eigenvalue weighted by Gasteiger charge is 2.13. The Morgan fingerprint density at radius 3 is 2.65 bits per heavy atom. The fraction of sp³-hybridized carbons (Fsp3) is 0.588. The highest BCUT2D eigenvalue weighted by molar-refractivity contribution is 5.75. The van der Waals surface area contributed by atoms with Crippen molar-refractivity contribution in [2.45, 2.75) is 59.7 Å². The number of imidazole rings is 1. The van der Waals surface area contributed by atoms with Gasteiger partial charge in [0.25, 0.3) is 0 Å². The SMILES string of the molecule is CCCn1c(CNC(C)C(C)CC)nc2ccccc21. The van der Waals surface area contributed by atoms with E-state index >= 15 is 0 Å². The Morgan fingerprint density at radius 2 is 1.95 bits per heavy atom. The van der Waals surface area contributed by atoms with E-state index in [2.05, 4.69) is 61.8 Å². The lowest BCUT2D eigenvalue weighted by atomic mass is 10.0. The molecule has 0 saturated heterocycles. The minimum absolute atomic E-state index is 0.523. The van der Waals surface area contributed by atoms with Gasteiger partial charge in [0, 0.05) is 12.6 Å². The standard InChI is InChI=1S/C17H27N3/c1-5-11-20-16-10-8-7-9-15(16)19-17(20)12-18-14(4)13(3)6-2/h7-10,13-14,18H,5-6,11-12H2,1-4H3. The quantitative estimate of drug-likeness (QED) is 0.827. The molecule has 1 heterocycles. The Labute approximate surface area is 122 Å². The first kappa shape index (κ1) is 15.0. The monoisotopic (exact) mass is 273 g/mol. The average molecular weight is 273 g/mol. The summed E-state index contributed by atoms with van der Waals surface area (Å²) in [7, 11) is 0. The van der Waals surface area contributed by atoms with Crippen molar-refractivity contribution in [3.05, 3.63) is 30.1 Å². The van der Waals surface area contributed by atoms with Crippen LogP contribution in [0.15, 0.2) is 24.3 Å². The number of nitrogens with zero attached hydrogens (tertiary/aromatic N) is 2. The Morgan fingerprint density at radius 1 is 1.20 bits per heavy atom. The van der Waals surface area contributed by atoms with Crippen LogP contribution in [0.4, 0.5) is 0 Å². The van der Waals surface area contributed by atoms with Crippen LogP contribution < -0.4 is 5.32 Å². The highest BCUT2D eigenvalue weighted by atomic mass is 15.1. The summed E-state index contributed by atoms with van der Waals surface area (Å²) >= 11 is 0. The first-order chi connectivity index (χ1) is 9.67. The predicted molar refractivity (Wildman–Crippen MR) is 85.8 cm³/mol. The molecule has 2 rings (SSSR count). The molecule has 0 radical (unpaired) electrons. The number of hydrogen-bond donors (Lipinski definition) is 1. The molecule has 0 aliphatic rings. The third kappa shape index (κ3) is 3.21. The molecule has 3 heteroatoms. The van der Waals surface area contributed by atoms with E-state index in [1.54, 1.807) is 0 Å². The molecule has 0 spiro atoms. The zero-order valence-corrected chi connectivity index (χ0v) is 13.2. The molecule has 1 aromatic carbocycles. The summed E-state index contributed by atoms with van der Waals surface area (Å²) in [5.74, 6) is 1.85. The topological polar surface area (TPSA) is 29.9 Å². The molecule has 0 fully saturated rings. The molecule has 1 N–H and O–H groups in total. The van der Waals surface area contributed by atoms with Gasteiger partial charge in [-0.3, -0.25) is 0 Å². The number of fused-ring (bicyclic) bond motifs is 1. The van der Waals surface area contributed by atoms with E-state index < -0.39 is 0 Å². The molecule has 1 aromatic heterocycles. The van der Waals surface area contributed by atoms with Crippen molar-refractivity contribution in [3.8, 4) is 0 Å². The van der Waals surface area contributed by atoms with Crippen LogP contribution in [0.3, 0.4) is 0 Å². The number of benzene rings is 1. The molecule has 2 aromatic rings. The maximum absolute atomic E-state index is 4.79. The molecule has 3 nitrogen and oxygen atoms in total. The third-order valence-corrected chi connectivity index (χ3v) is 4.26. The van der Waals surface area contributed by atoms with Crippen LogP contribution >= 0.6 is 0 Å². The summed E-state index contributed by atoms with van der Waals surface area (Å²) in [4.78, 5) is 4.79. The first-order valence-electron chi connectivity index (χ1n) is 7.84.